The van der Waals surface area contributed by atoms with Gasteiger partial charge in [0, 0.05) is 16.7 Å². The van der Waals surface area contributed by atoms with Gasteiger partial charge >= 0.3 is 0 Å². The van der Waals surface area contributed by atoms with Crippen LogP contribution in [-0.2, 0) is 0 Å². The summed E-state index contributed by atoms with van der Waals surface area (Å²) in [5.74, 6) is 1.89. The lowest BCUT2D eigenvalue weighted by molar-refractivity contribution is 0.392. The van der Waals surface area contributed by atoms with Gasteiger partial charge in [-0.1, -0.05) is 22.0 Å². The van der Waals surface area contributed by atoms with Crippen molar-refractivity contribution < 1.29 is 18.3 Å². The van der Waals surface area contributed by atoms with Gasteiger partial charge in [-0.2, -0.15) is 0 Å². The molecule has 0 unspecified atom stereocenters. The van der Waals surface area contributed by atoms with Gasteiger partial charge < -0.3 is 24.1 Å². The molecule has 35 heavy (non-hydrogen) atoms. The molecular weight excluding hydrogens is 533 g/mol. The highest BCUT2D eigenvalue weighted by atomic mass is 79.9. The number of furan rings is 1. The average Bonchev–Trinajstić information content (AvgIpc) is 3.48. The molecule has 9 heteroatoms. The first-order chi connectivity index (χ1) is 17.0. The Morgan fingerprint density at radius 1 is 1.06 bits per heavy atom. The molecule has 4 aromatic rings. The monoisotopic (exact) mass is 553 g/mol. The molecule has 2 atom stereocenters. The first-order valence-electron chi connectivity index (χ1n) is 10.8. The van der Waals surface area contributed by atoms with Crippen LogP contribution in [-0.4, -0.2) is 24.3 Å². The van der Waals surface area contributed by atoms with Crippen LogP contribution < -0.4 is 19.7 Å². The molecule has 1 N–H and O–H groups in total. The van der Waals surface area contributed by atoms with E-state index in [0.717, 1.165) is 11.4 Å². The molecule has 0 spiro atoms. The number of ether oxygens (including phenoxy) is 2. The largest absolute Gasteiger partial charge is 0.497 e. The number of nitrogens with one attached hydrogen (secondary N) is 1. The van der Waals surface area contributed by atoms with Crippen LogP contribution in [0.1, 0.15) is 23.5 Å². The van der Waals surface area contributed by atoms with Crippen molar-refractivity contribution in [3.8, 4) is 22.8 Å². The van der Waals surface area contributed by atoms with Crippen LogP contribution in [0, 0.1) is 5.82 Å². The minimum Gasteiger partial charge on any atom is -0.497 e. The SMILES string of the molecule is COc1ccc(N2C(=S)N[C@@H](c3ccccn3)[C@@H]2c2ccc(-c3ccc(Br)cc3F)o2)c(OC)c1. The number of benzene rings is 2. The maximum absolute atomic E-state index is 14.7. The minimum atomic E-state index is -0.410. The Balaban J connectivity index is 1.63. The van der Waals surface area contributed by atoms with Crippen molar-refractivity contribution in [3.05, 3.63) is 94.7 Å². The molecule has 2 aromatic carbocycles. The van der Waals surface area contributed by atoms with Crippen LogP contribution in [0.3, 0.4) is 0 Å². The Bertz CT molecular complexity index is 1380. The zero-order valence-electron chi connectivity index (χ0n) is 18.9. The van der Waals surface area contributed by atoms with Gasteiger partial charge in [0.1, 0.15) is 34.9 Å². The van der Waals surface area contributed by atoms with Gasteiger partial charge in [0.25, 0.3) is 0 Å². The second kappa shape index (κ2) is 9.67. The van der Waals surface area contributed by atoms with Crippen molar-refractivity contribution in [1.82, 2.24) is 10.3 Å². The maximum Gasteiger partial charge on any atom is 0.174 e. The number of thiocarbonyl (C=S) groups is 1. The Morgan fingerprint density at radius 2 is 1.91 bits per heavy atom. The van der Waals surface area contributed by atoms with Gasteiger partial charge in [-0.25, -0.2) is 4.39 Å². The van der Waals surface area contributed by atoms with E-state index in [1.54, 1.807) is 44.7 Å². The van der Waals surface area contributed by atoms with Crippen molar-refractivity contribution in [2.45, 2.75) is 12.1 Å². The van der Waals surface area contributed by atoms with Crippen molar-refractivity contribution in [3.63, 3.8) is 0 Å². The van der Waals surface area contributed by atoms with E-state index in [4.69, 9.17) is 26.1 Å². The highest BCUT2D eigenvalue weighted by Crippen LogP contribution is 2.46. The quantitative estimate of drug-likeness (QED) is 0.276. The van der Waals surface area contributed by atoms with E-state index >= 15 is 0 Å². The fourth-order valence-corrected chi connectivity index (χ4v) is 4.91. The highest BCUT2D eigenvalue weighted by molar-refractivity contribution is 9.10. The highest BCUT2D eigenvalue weighted by Gasteiger charge is 2.43. The fraction of sp³-hybridized carbons (Fsp3) is 0.154. The minimum absolute atomic E-state index is 0.315. The van der Waals surface area contributed by atoms with Crippen molar-refractivity contribution in [2.24, 2.45) is 0 Å². The van der Waals surface area contributed by atoms with Gasteiger partial charge in [0.15, 0.2) is 5.11 Å². The number of anilines is 1. The summed E-state index contributed by atoms with van der Waals surface area (Å²) in [5.41, 5.74) is 1.90. The molecular formula is C26H21BrFN3O3S. The molecule has 6 nitrogen and oxygen atoms in total. The van der Waals surface area contributed by atoms with Crippen molar-refractivity contribution in [2.75, 3.05) is 19.1 Å². The summed E-state index contributed by atoms with van der Waals surface area (Å²) in [7, 11) is 3.19. The molecule has 0 aliphatic carbocycles. The lowest BCUT2D eigenvalue weighted by Gasteiger charge is -2.27. The van der Waals surface area contributed by atoms with Crippen LogP contribution in [0.4, 0.5) is 10.1 Å². The van der Waals surface area contributed by atoms with Crippen molar-refractivity contribution in [1.29, 1.82) is 0 Å². The molecule has 1 fully saturated rings. The van der Waals surface area contributed by atoms with Gasteiger partial charge in [-0.05, 0) is 66.8 Å². The van der Waals surface area contributed by atoms with Gasteiger partial charge in [0.05, 0.1) is 37.2 Å². The van der Waals surface area contributed by atoms with Crippen LogP contribution in [0.25, 0.3) is 11.3 Å². The number of hydrogen-bond acceptors (Lipinski definition) is 5. The van der Waals surface area contributed by atoms with Gasteiger partial charge in [-0.15, -0.1) is 0 Å². The molecule has 2 aromatic heterocycles. The van der Waals surface area contributed by atoms with Gasteiger partial charge in [0.2, 0.25) is 0 Å². The predicted molar refractivity (Wildman–Crippen MR) is 139 cm³/mol. The maximum atomic E-state index is 14.7. The van der Waals surface area contributed by atoms with E-state index < -0.39 is 6.04 Å². The van der Waals surface area contributed by atoms with E-state index in [1.807, 2.05) is 41.3 Å². The third kappa shape index (κ3) is 4.37. The Labute approximate surface area is 215 Å². The molecule has 0 saturated carbocycles. The Hall–Kier alpha value is -3.43. The van der Waals surface area contributed by atoms with E-state index in [-0.39, 0.29) is 11.9 Å². The second-order valence-electron chi connectivity index (χ2n) is 7.86. The number of aromatic nitrogens is 1. The molecule has 0 amide bonds. The lowest BCUT2D eigenvalue weighted by Crippen LogP contribution is -2.29. The molecule has 178 valence electrons. The first kappa shape index (κ1) is 23.3. The summed E-state index contributed by atoms with van der Waals surface area (Å²) >= 11 is 9.07. The zero-order chi connectivity index (χ0) is 24.5. The van der Waals surface area contributed by atoms with E-state index in [0.29, 0.717) is 38.2 Å². The van der Waals surface area contributed by atoms with E-state index in [1.165, 1.54) is 6.07 Å². The number of hydrogen-bond donors (Lipinski definition) is 1. The Morgan fingerprint density at radius 3 is 2.63 bits per heavy atom. The topological polar surface area (TPSA) is 59.8 Å². The molecule has 1 aliphatic heterocycles. The summed E-state index contributed by atoms with van der Waals surface area (Å²) < 4.78 is 32.6. The summed E-state index contributed by atoms with van der Waals surface area (Å²) in [6, 6.07) is 19.0. The van der Waals surface area contributed by atoms with Gasteiger partial charge in [-0.3, -0.25) is 4.98 Å². The molecule has 0 bridgehead atoms. The molecule has 3 heterocycles. The van der Waals surface area contributed by atoms with Crippen LogP contribution in [0.5, 0.6) is 11.5 Å². The summed E-state index contributed by atoms with van der Waals surface area (Å²) in [5, 5.41) is 3.87. The van der Waals surface area contributed by atoms with Crippen LogP contribution >= 0.6 is 28.1 Å². The lowest BCUT2D eigenvalue weighted by atomic mass is 10.0. The van der Waals surface area contributed by atoms with E-state index in [2.05, 4.69) is 26.2 Å². The summed E-state index contributed by atoms with van der Waals surface area (Å²) in [6.45, 7) is 0. The normalized spacial score (nSPS) is 17.4. The zero-order valence-corrected chi connectivity index (χ0v) is 21.3. The number of nitrogens with zero attached hydrogens (tertiary/aromatic N) is 2. The molecule has 1 aliphatic rings. The van der Waals surface area contributed by atoms with Crippen LogP contribution in [0.2, 0.25) is 0 Å². The third-order valence-corrected chi connectivity index (χ3v) is 6.67. The average molecular weight is 554 g/mol. The predicted octanol–water partition coefficient (Wildman–Crippen LogP) is 6.44. The first-order valence-corrected chi connectivity index (χ1v) is 12.0. The standard InChI is InChI=1S/C26H21BrFN3O3S/c1-32-16-7-9-20(23(14-16)33-2)31-25(24(30-26(31)35)19-5-3-4-12-29-19)22-11-10-21(34-22)17-8-6-15(27)13-18(17)28/h3-14,24-25H,1-2H3,(H,30,35)/t24-,25-/m0/s1. The second-order valence-corrected chi connectivity index (χ2v) is 9.16. The molecule has 5 rings (SSSR count). The number of pyridine rings is 1. The summed E-state index contributed by atoms with van der Waals surface area (Å²) in [4.78, 5) is 6.49. The summed E-state index contributed by atoms with van der Waals surface area (Å²) in [6.07, 6.45) is 1.73. The van der Waals surface area contributed by atoms with Crippen LogP contribution in [0.15, 0.2) is 81.8 Å². The number of methoxy groups -OCH3 is 2. The number of halogens is 2. The molecule has 0 radical (unpaired) electrons. The van der Waals surface area contributed by atoms with E-state index in [9.17, 15) is 4.39 Å². The Kier molecular flexibility index (Phi) is 6.44. The third-order valence-electron chi connectivity index (χ3n) is 5.86. The molecule has 1 saturated heterocycles. The van der Waals surface area contributed by atoms with Crippen molar-refractivity contribution >= 4 is 38.9 Å². The smallest absolute Gasteiger partial charge is 0.174 e. The number of rotatable bonds is 6. The fourth-order valence-electron chi connectivity index (χ4n) is 4.23.